The van der Waals surface area contributed by atoms with Crippen molar-refractivity contribution in [2.24, 2.45) is 0 Å². The summed E-state index contributed by atoms with van der Waals surface area (Å²) in [5.41, 5.74) is 1.06. The van der Waals surface area contributed by atoms with Crippen LogP contribution in [-0.4, -0.2) is 11.9 Å². The summed E-state index contributed by atoms with van der Waals surface area (Å²) in [5.74, 6) is -1.88. The van der Waals surface area contributed by atoms with Crippen molar-refractivity contribution in [3.05, 3.63) is 32.3 Å². The SMILES string of the molecule is CCCCc1c(Cl)c(Cl)c(C(=O)OCl)c(C(=O)OCl)c1CCCC. The molecule has 0 saturated carbocycles. The van der Waals surface area contributed by atoms with E-state index in [0.717, 1.165) is 31.2 Å². The van der Waals surface area contributed by atoms with E-state index in [1.54, 1.807) is 0 Å². The molecule has 1 aromatic carbocycles. The second-order valence-electron chi connectivity index (χ2n) is 5.27. The van der Waals surface area contributed by atoms with Crippen LogP contribution in [-0.2, 0) is 21.4 Å². The van der Waals surface area contributed by atoms with E-state index in [1.807, 2.05) is 13.8 Å². The van der Waals surface area contributed by atoms with Crippen LogP contribution in [0.5, 0.6) is 0 Å². The summed E-state index contributed by atoms with van der Waals surface area (Å²) in [6.07, 6.45) is 4.60. The van der Waals surface area contributed by atoms with Crippen molar-refractivity contribution in [1.82, 2.24) is 0 Å². The van der Waals surface area contributed by atoms with Crippen molar-refractivity contribution in [3.8, 4) is 0 Å². The predicted octanol–water partition coefficient (Wildman–Crippen LogP) is 6.30. The van der Waals surface area contributed by atoms with Gasteiger partial charge in [0.25, 0.3) is 0 Å². The van der Waals surface area contributed by atoms with E-state index < -0.39 is 11.9 Å². The van der Waals surface area contributed by atoms with Gasteiger partial charge in [-0.2, -0.15) is 0 Å². The summed E-state index contributed by atoms with van der Waals surface area (Å²) < 4.78 is 8.55. The molecule has 0 aromatic heterocycles. The number of unbranched alkanes of at least 4 members (excludes halogenated alkanes) is 2. The normalized spacial score (nSPS) is 10.6. The van der Waals surface area contributed by atoms with Gasteiger partial charge in [0.15, 0.2) is 0 Å². The van der Waals surface area contributed by atoms with Gasteiger partial charge in [-0.05, 0) is 36.8 Å². The van der Waals surface area contributed by atoms with E-state index in [0.29, 0.717) is 18.4 Å². The molecular formula is C16H18Cl4O4. The van der Waals surface area contributed by atoms with Crippen molar-refractivity contribution < 1.29 is 18.2 Å². The minimum Gasteiger partial charge on any atom is -0.343 e. The Morgan fingerprint density at radius 1 is 0.792 bits per heavy atom. The Balaban J connectivity index is 3.75. The van der Waals surface area contributed by atoms with E-state index in [2.05, 4.69) is 8.58 Å². The summed E-state index contributed by atoms with van der Waals surface area (Å²) in [6, 6.07) is 0. The first-order chi connectivity index (χ1) is 11.4. The Kier molecular flexibility index (Phi) is 9.21. The van der Waals surface area contributed by atoms with Gasteiger partial charge in [-0.15, -0.1) is 0 Å². The lowest BCUT2D eigenvalue weighted by Gasteiger charge is -2.19. The van der Waals surface area contributed by atoms with E-state index in [-0.39, 0.29) is 21.2 Å². The average molecular weight is 416 g/mol. The highest BCUT2D eigenvalue weighted by Crippen LogP contribution is 2.38. The molecule has 24 heavy (non-hydrogen) atoms. The number of benzene rings is 1. The molecule has 0 heterocycles. The van der Waals surface area contributed by atoms with Crippen LogP contribution >= 0.6 is 46.9 Å². The molecule has 1 aromatic rings. The molecule has 0 aliphatic heterocycles. The number of rotatable bonds is 8. The Morgan fingerprint density at radius 2 is 1.25 bits per heavy atom. The standard InChI is InChI=1S/C16H18Cl4O4/c1-3-5-7-9-10(8-6-4-2)13(17)14(18)12(16(22)24-20)11(9)15(21)23-19/h3-8H2,1-2H3. The van der Waals surface area contributed by atoms with E-state index in [4.69, 9.17) is 46.9 Å². The number of hydrogen-bond acceptors (Lipinski definition) is 4. The fourth-order valence-corrected chi connectivity index (χ4v) is 3.27. The fraction of sp³-hybridized carbons (Fsp3) is 0.500. The Morgan fingerprint density at radius 3 is 1.71 bits per heavy atom. The van der Waals surface area contributed by atoms with Gasteiger partial charge in [0.2, 0.25) is 0 Å². The zero-order chi connectivity index (χ0) is 18.3. The molecule has 0 aliphatic carbocycles. The minimum absolute atomic E-state index is 0.0374. The zero-order valence-corrected chi connectivity index (χ0v) is 16.4. The molecule has 134 valence electrons. The van der Waals surface area contributed by atoms with Gasteiger partial charge in [0.05, 0.1) is 21.2 Å². The number of carbonyl (C=O) groups excluding carboxylic acids is 2. The van der Waals surface area contributed by atoms with Crippen LogP contribution in [0.1, 0.15) is 71.4 Å². The second-order valence-corrected chi connectivity index (χ2v) is 6.34. The fourth-order valence-electron chi connectivity index (χ4n) is 2.52. The summed E-state index contributed by atoms with van der Waals surface area (Å²) in [7, 11) is 0. The molecule has 0 radical (unpaired) electrons. The van der Waals surface area contributed by atoms with Crippen molar-refractivity contribution in [2.45, 2.75) is 52.4 Å². The van der Waals surface area contributed by atoms with Gasteiger partial charge in [-0.3, -0.25) is 0 Å². The highest BCUT2D eigenvalue weighted by Gasteiger charge is 2.31. The van der Waals surface area contributed by atoms with Crippen LogP contribution in [0.4, 0.5) is 0 Å². The van der Waals surface area contributed by atoms with Crippen molar-refractivity contribution in [3.63, 3.8) is 0 Å². The number of halogens is 4. The van der Waals surface area contributed by atoms with Crippen LogP contribution < -0.4 is 0 Å². The maximum absolute atomic E-state index is 12.2. The van der Waals surface area contributed by atoms with Crippen LogP contribution in [0.25, 0.3) is 0 Å². The lowest BCUT2D eigenvalue weighted by Crippen LogP contribution is -2.16. The summed E-state index contributed by atoms with van der Waals surface area (Å²) in [6.45, 7) is 4.05. The predicted molar refractivity (Wildman–Crippen MR) is 96.2 cm³/mol. The quantitative estimate of drug-likeness (QED) is 0.499. The maximum Gasteiger partial charge on any atom is 0.358 e. The third-order valence-corrected chi connectivity index (χ3v) is 4.87. The summed E-state index contributed by atoms with van der Waals surface area (Å²) in [5, 5.41) is 0.130. The molecule has 0 aliphatic rings. The van der Waals surface area contributed by atoms with Crippen LogP contribution in [0, 0.1) is 0 Å². The minimum atomic E-state index is -0.986. The topological polar surface area (TPSA) is 52.6 Å². The lowest BCUT2D eigenvalue weighted by atomic mass is 9.89. The molecule has 0 amide bonds. The van der Waals surface area contributed by atoms with Gasteiger partial charge in [0, 0.05) is 0 Å². The third kappa shape index (κ3) is 4.69. The first-order valence-corrected chi connectivity index (χ1v) is 9.00. The third-order valence-electron chi connectivity index (χ3n) is 3.70. The monoisotopic (exact) mass is 414 g/mol. The number of carbonyl (C=O) groups is 2. The Bertz CT molecular complexity index is 617. The van der Waals surface area contributed by atoms with Crippen LogP contribution in [0.3, 0.4) is 0 Å². The lowest BCUT2D eigenvalue weighted by molar-refractivity contribution is 0.0708. The molecule has 0 N–H and O–H groups in total. The molecular weight excluding hydrogens is 398 g/mol. The molecule has 4 nitrogen and oxygen atoms in total. The highest BCUT2D eigenvalue weighted by atomic mass is 35.5. The van der Waals surface area contributed by atoms with E-state index in [9.17, 15) is 9.59 Å². The van der Waals surface area contributed by atoms with Crippen molar-refractivity contribution in [2.75, 3.05) is 0 Å². The van der Waals surface area contributed by atoms with Crippen LogP contribution in [0.2, 0.25) is 10.0 Å². The summed E-state index contributed by atoms with van der Waals surface area (Å²) in [4.78, 5) is 24.3. The molecule has 0 fully saturated rings. The van der Waals surface area contributed by atoms with Gasteiger partial charge in [-0.25, -0.2) is 9.59 Å². The first-order valence-electron chi connectivity index (χ1n) is 7.62. The van der Waals surface area contributed by atoms with Gasteiger partial charge < -0.3 is 8.58 Å². The van der Waals surface area contributed by atoms with Crippen LogP contribution in [0.15, 0.2) is 0 Å². The molecule has 8 heteroatoms. The maximum atomic E-state index is 12.2. The highest BCUT2D eigenvalue weighted by molar-refractivity contribution is 6.45. The largest absolute Gasteiger partial charge is 0.358 e. The second kappa shape index (κ2) is 10.3. The van der Waals surface area contributed by atoms with E-state index in [1.165, 1.54) is 0 Å². The number of hydrogen-bond donors (Lipinski definition) is 0. The Labute approximate surface area is 161 Å². The van der Waals surface area contributed by atoms with Gasteiger partial charge in [0.1, 0.15) is 23.7 Å². The molecule has 0 bridgehead atoms. The van der Waals surface area contributed by atoms with E-state index >= 15 is 0 Å². The zero-order valence-electron chi connectivity index (χ0n) is 13.4. The van der Waals surface area contributed by atoms with Crippen molar-refractivity contribution in [1.29, 1.82) is 0 Å². The average Bonchev–Trinajstić information content (AvgIpc) is 2.59. The smallest absolute Gasteiger partial charge is 0.343 e. The molecule has 0 saturated heterocycles. The molecule has 1 rings (SSSR count). The molecule has 0 atom stereocenters. The van der Waals surface area contributed by atoms with Gasteiger partial charge >= 0.3 is 11.9 Å². The summed E-state index contributed by atoms with van der Waals surface area (Å²) >= 11 is 23.0. The molecule has 0 spiro atoms. The molecule has 0 unspecified atom stereocenters. The first kappa shape index (κ1) is 21.4. The Hall–Kier alpha value is -0.680. The van der Waals surface area contributed by atoms with Crippen molar-refractivity contribution >= 4 is 58.9 Å². The van der Waals surface area contributed by atoms with Gasteiger partial charge in [-0.1, -0.05) is 49.9 Å².